The minimum absolute atomic E-state index is 0.00229. The standard InChI is InChI=1S/C20H20N4O/c1-13-14(2)22-17-12-15(8-9-16(17)21-13)20(25)24-11-10-23(3)18-6-4-5-7-19(18)24/h4-9,12H,10-11H2,1-3H3. The van der Waals surface area contributed by atoms with Crippen molar-refractivity contribution in [3.8, 4) is 0 Å². The van der Waals surface area contributed by atoms with Gasteiger partial charge < -0.3 is 9.80 Å². The monoisotopic (exact) mass is 332 g/mol. The highest BCUT2D eigenvalue weighted by atomic mass is 16.2. The minimum atomic E-state index is 0.00229. The summed E-state index contributed by atoms with van der Waals surface area (Å²) in [7, 11) is 2.05. The fourth-order valence-corrected chi connectivity index (χ4v) is 3.24. The van der Waals surface area contributed by atoms with Gasteiger partial charge in [0, 0.05) is 25.7 Å². The molecule has 1 amide bonds. The Labute approximate surface area is 146 Å². The lowest BCUT2D eigenvalue weighted by Crippen LogP contribution is -2.42. The number of likely N-dealkylation sites (N-methyl/N-ethyl adjacent to an activating group) is 1. The maximum Gasteiger partial charge on any atom is 0.258 e. The Balaban J connectivity index is 1.75. The lowest BCUT2D eigenvalue weighted by molar-refractivity contribution is 0.0987. The van der Waals surface area contributed by atoms with E-state index in [9.17, 15) is 4.79 Å². The number of hydrogen-bond donors (Lipinski definition) is 0. The average Bonchev–Trinajstić information content (AvgIpc) is 2.62. The molecular formula is C20H20N4O. The van der Waals surface area contributed by atoms with E-state index in [1.54, 1.807) is 0 Å². The number of hydrogen-bond acceptors (Lipinski definition) is 4. The molecule has 0 aliphatic carbocycles. The van der Waals surface area contributed by atoms with Crippen LogP contribution in [0.3, 0.4) is 0 Å². The third-order valence-electron chi connectivity index (χ3n) is 4.81. The maximum absolute atomic E-state index is 13.1. The van der Waals surface area contributed by atoms with Crippen LogP contribution in [-0.4, -0.2) is 36.0 Å². The first kappa shape index (κ1) is 15.6. The summed E-state index contributed by atoms with van der Waals surface area (Å²) in [5.41, 5.74) is 6.06. The summed E-state index contributed by atoms with van der Waals surface area (Å²) in [6, 6.07) is 13.6. The zero-order valence-electron chi connectivity index (χ0n) is 14.7. The normalized spacial score (nSPS) is 13.9. The number of amides is 1. The molecule has 0 N–H and O–H groups in total. The predicted molar refractivity (Wildman–Crippen MR) is 100 cm³/mol. The van der Waals surface area contributed by atoms with Crippen LogP contribution < -0.4 is 9.80 Å². The van der Waals surface area contributed by atoms with Crippen molar-refractivity contribution < 1.29 is 4.79 Å². The zero-order chi connectivity index (χ0) is 17.6. The van der Waals surface area contributed by atoms with Gasteiger partial charge in [-0.2, -0.15) is 0 Å². The van der Waals surface area contributed by atoms with Crippen molar-refractivity contribution in [3.05, 3.63) is 59.4 Å². The van der Waals surface area contributed by atoms with E-state index in [-0.39, 0.29) is 5.91 Å². The first-order chi connectivity index (χ1) is 12.0. The van der Waals surface area contributed by atoms with Crippen LogP contribution in [0.4, 0.5) is 11.4 Å². The highest BCUT2D eigenvalue weighted by Crippen LogP contribution is 2.32. The Morgan fingerprint density at radius 1 is 0.920 bits per heavy atom. The van der Waals surface area contributed by atoms with Crippen LogP contribution in [0.25, 0.3) is 11.0 Å². The van der Waals surface area contributed by atoms with Gasteiger partial charge in [0.15, 0.2) is 0 Å². The van der Waals surface area contributed by atoms with Crippen LogP contribution in [0.15, 0.2) is 42.5 Å². The number of carbonyl (C=O) groups excluding carboxylic acids is 1. The van der Waals surface area contributed by atoms with Gasteiger partial charge in [-0.15, -0.1) is 0 Å². The molecule has 0 saturated carbocycles. The third kappa shape index (κ3) is 2.61. The van der Waals surface area contributed by atoms with Crippen LogP contribution in [0.1, 0.15) is 21.7 Å². The zero-order valence-corrected chi connectivity index (χ0v) is 14.7. The second kappa shape index (κ2) is 5.84. The van der Waals surface area contributed by atoms with Crippen LogP contribution in [0.5, 0.6) is 0 Å². The molecule has 4 rings (SSSR count). The van der Waals surface area contributed by atoms with E-state index in [1.807, 2.05) is 61.2 Å². The number of para-hydroxylation sites is 2. The number of benzene rings is 2. The van der Waals surface area contributed by atoms with Gasteiger partial charge in [0.05, 0.1) is 33.8 Å². The van der Waals surface area contributed by atoms with Crippen molar-refractivity contribution >= 4 is 28.3 Å². The maximum atomic E-state index is 13.1. The van der Waals surface area contributed by atoms with E-state index in [4.69, 9.17) is 0 Å². The quantitative estimate of drug-likeness (QED) is 0.686. The molecule has 25 heavy (non-hydrogen) atoms. The SMILES string of the molecule is Cc1nc2ccc(C(=O)N3CCN(C)c4ccccc43)cc2nc1C. The van der Waals surface area contributed by atoms with Gasteiger partial charge in [0.2, 0.25) is 0 Å². The smallest absolute Gasteiger partial charge is 0.258 e. The number of nitrogens with zero attached hydrogens (tertiary/aromatic N) is 4. The van der Waals surface area contributed by atoms with Crippen molar-refractivity contribution in [2.75, 3.05) is 29.9 Å². The summed E-state index contributed by atoms with van der Waals surface area (Å²) in [5, 5.41) is 0. The number of aryl methyl sites for hydroxylation is 2. The molecule has 0 bridgehead atoms. The molecule has 1 aliphatic rings. The molecule has 3 aromatic rings. The van der Waals surface area contributed by atoms with Crippen LogP contribution in [0.2, 0.25) is 0 Å². The lowest BCUT2D eigenvalue weighted by atomic mass is 10.1. The number of fused-ring (bicyclic) bond motifs is 2. The van der Waals surface area contributed by atoms with E-state index in [1.165, 1.54) is 0 Å². The summed E-state index contributed by atoms with van der Waals surface area (Å²) in [5.74, 6) is 0.00229. The molecule has 2 aromatic carbocycles. The first-order valence-corrected chi connectivity index (χ1v) is 8.41. The average molecular weight is 332 g/mol. The summed E-state index contributed by atoms with van der Waals surface area (Å²) < 4.78 is 0. The van der Waals surface area contributed by atoms with E-state index in [0.717, 1.165) is 40.3 Å². The molecule has 2 heterocycles. The van der Waals surface area contributed by atoms with E-state index in [2.05, 4.69) is 21.9 Å². The highest BCUT2D eigenvalue weighted by molar-refractivity contribution is 6.09. The van der Waals surface area contributed by atoms with E-state index >= 15 is 0 Å². The lowest BCUT2D eigenvalue weighted by Gasteiger charge is -2.35. The topological polar surface area (TPSA) is 49.3 Å². The number of rotatable bonds is 1. The number of aromatic nitrogens is 2. The summed E-state index contributed by atoms with van der Waals surface area (Å²) in [4.78, 5) is 26.3. The summed E-state index contributed by atoms with van der Waals surface area (Å²) in [6.45, 7) is 5.37. The molecule has 0 radical (unpaired) electrons. The van der Waals surface area contributed by atoms with Gasteiger partial charge >= 0.3 is 0 Å². The van der Waals surface area contributed by atoms with Gasteiger partial charge in [-0.1, -0.05) is 12.1 Å². The van der Waals surface area contributed by atoms with Crippen LogP contribution in [-0.2, 0) is 0 Å². The van der Waals surface area contributed by atoms with Crippen molar-refractivity contribution in [2.24, 2.45) is 0 Å². The molecular weight excluding hydrogens is 312 g/mol. The molecule has 5 heteroatoms. The van der Waals surface area contributed by atoms with Gasteiger partial charge in [-0.05, 0) is 44.2 Å². The third-order valence-corrected chi connectivity index (χ3v) is 4.81. The molecule has 126 valence electrons. The van der Waals surface area contributed by atoms with Crippen molar-refractivity contribution in [2.45, 2.75) is 13.8 Å². The summed E-state index contributed by atoms with van der Waals surface area (Å²) in [6.07, 6.45) is 0. The Bertz CT molecular complexity index is 983. The minimum Gasteiger partial charge on any atom is -0.371 e. The summed E-state index contributed by atoms with van der Waals surface area (Å²) >= 11 is 0. The van der Waals surface area contributed by atoms with E-state index in [0.29, 0.717) is 12.1 Å². The van der Waals surface area contributed by atoms with E-state index < -0.39 is 0 Å². The largest absolute Gasteiger partial charge is 0.371 e. The highest BCUT2D eigenvalue weighted by Gasteiger charge is 2.25. The van der Waals surface area contributed by atoms with Gasteiger partial charge in [-0.3, -0.25) is 4.79 Å². The van der Waals surface area contributed by atoms with Crippen molar-refractivity contribution in [3.63, 3.8) is 0 Å². The Hall–Kier alpha value is -2.95. The van der Waals surface area contributed by atoms with Gasteiger partial charge in [-0.25, -0.2) is 9.97 Å². The van der Waals surface area contributed by atoms with Crippen LogP contribution >= 0.6 is 0 Å². The second-order valence-electron chi connectivity index (χ2n) is 6.46. The van der Waals surface area contributed by atoms with Gasteiger partial charge in [0.1, 0.15) is 0 Å². The van der Waals surface area contributed by atoms with Crippen molar-refractivity contribution in [1.29, 1.82) is 0 Å². The molecule has 5 nitrogen and oxygen atoms in total. The van der Waals surface area contributed by atoms with Gasteiger partial charge in [0.25, 0.3) is 5.91 Å². The fourth-order valence-electron chi connectivity index (χ4n) is 3.24. The first-order valence-electron chi connectivity index (χ1n) is 8.41. The predicted octanol–water partition coefficient (Wildman–Crippen LogP) is 3.34. The van der Waals surface area contributed by atoms with Crippen molar-refractivity contribution in [1.82, 2.24) is 9.97 Å². The number of carbonyl (C=O) groups is 1. The molecule has 0 saturated heterocycles. The fraction of sp³-hybridized carbons (Fsp3) is 0.250. The Morgan fingerprint density at radius 2 is 1.60 bits per heavy atom. The Kier molecular flexibility index (Phi) is 3.64. The number of anilines is 2. The molecule has 0 unspecified atom stereocenters. The second-order valence-corrected chi connectivity index (χ2v) is 6.46. The Morgan fingerprint density at radius 3 is 2.36 bits per heavy atom. The molecule has 0 fully saturated rings. The molecule has 0 atom stereocenters. The molecule has 0 spiro atoms. The molecule has 1 aromatic heterocycles. The molecule has 1 aliphatic heterocycles. The van der Waals surface area contributed by atoms with Crippen LogP contribution in [0, 0.1) is 13.8 Å².